The van der Waals surface area contributed by atoms with Gasteiger partial charge in [-0.25, -0.2) is 4.98 Å². The highest BCUT2D eigenvalue weighted by Crippen LogP contribution is 2.44. The van der Waals surface area contributed by atoms with Crippen molar-refractivity contribution >= 4 is 33.3 Å². The normalized spacial score (nSPS) is 15.7. The predicted molar refractivity (Wildman–Crippen MR) is 116 cm³/mol. The van der Waals surface area contributed by atoms with Gasteiger partial charge in [0.05, 0.1) is 30.1 Å². The first-order valence-electron chi connectivity index (χ1n) is 9.56. The molecule has 0 spiro atoms. The van der Waals surface area contributed by atoms with Crippen LogP contribution in [0.15, 0.2) is 42.5 Å². The maximum Gasteiger partial charge on any atom is 0.226 e. The van der Waals surface area contributed by atoms with E-state index < -0.39 is 0 Å². The number of amides is 1. The Morgan fingerprint density at radius 1 is 1.17 bits per heavy atom. The molecule has 0 bridgehead atoms. The summed E-state index contributed by atoms with van der Waals surface area (Å²) >= 11 is 1.54. The Bertz CT molecular complexity index is 1240. The standard InChI is InChI=1S/C22H20N4O3S/c1-12-20-15(14-9-8-13(28-2)10-17(14)29-3)11-19(27)24-21(20)26(25-12)22-23-16-6-4-5-7-18(16)30-22/h4-10,15H,11H2,1-3H3,(H,24,27)/t15-/m0/s1. The largest absolute Gasteiger partial charge is 0.497 e. The second-order valence-corrected chi connectivity index (χ2v) is 8.15. The fourth-order valence-corrected chi connectivity index (χ4v) is 4.93. The first kappa shape index (κ1) is 18.6. The summed E-state index contributed by atoms with van der Waals surface area (Å²) in [4.78, 5) is 17.4. The van der Waals surface area contributed by atoms with Crippen LogP contribution in [0.3, 0.4) is 0 Å². The van der Waals surface area contributed by atoms with E-state index in [0.717, 1.165) is 32.2 Å². The Morgan fingerprint density at radius 3 is 2.77 bits per heavy atom. The molecule has 1 aliphatic heterocycles. The van der Waals surface area contributed by atoms with Crippen molar-refractivity contribution in [1.29, 1.82) is 0 Å². The summed E-state index contributed by atoms with van der Waals surface area (Å²) in [6, 6.07) is 13.6. The predicted octanol–water partition coefficient (Wildman–Crippen LogP) is 4.28. The van der Waals surface area contributed by atoms with E-state index in [2.05, 4.69) is 5.32 Å². The van der Waals surface area contributed by atoms with Crippen molar-refractivity contribution in [1.82, 2.24) is 14.8 Å². The molecule has 152 valence electrons. The number of methoxy groups -OCH3 is 2. The van der Waals surface area contributed by atoms with Gasteiger partial charge < -0.3 is 14.8 Å². The molecule has 0 aliphatic carbocycles. The van der Waals surface area contributed by atoms with E-state index in [1.807, 2.05) is 49.4 Å². The molecule has 0 fully saturated rings. The van der Waals surface area contributed by atoms with Crippen LogP contribution < -0.4 is 14.8 Å². The third-order valence-electron chi connectivity index (χ3n) is 5.38. The van der Waals surface area contributed by atoms with Crippen LogP contribution >= 0.6 is 11.3 Å². The molecule has 30 heavy (non-hydrogen) atoms. The minimum Gasteiger partial charge on any atom is -0.497 e. The molecule has 2 aromatic heterocycles. The van der Waals surface area contributed by atoms with Crippen LogP contribution in [0.5, 0.6) is 11.5 Å². The minimum absolute atomic E-state index is 0.0624. The molecule has 1 amide bonds. The molecule has 0 saturated heterocycles. The van der Waals surface area contributed by atoms with Crippen molar-refractivity contribution in [2.45, 2.75) is 19.3 Å². The summed E-state index contributed by atoms with van der Waals surface area (Å²) in [5.41, 5.74) is 3.68. The first-order chi connectivity index (χ1) is 14.6. The summed E-state index contributed by atoms with van der Waals surface area (Å²) in [6.45, 7) is 1.96. The lowest BCUT2D eigenvalue weighted by Crippen LogP contribution is -2.25. The Kier molecular flexibility index (Phi) is 4.43. The fourth-order valence-electron chi connectivity index (χ4n) is 4.01. The van der Waals surface area contributed by atoms with Crippen LogP contribution in [0.2, 0.25) is 0 Å². The summed E-state index contributed by atoms with van der Waals surface area (Å²) in [5, 5.41) is 8.48. The molecule has 1 N–H and O–H groups in total. The lowest BCUT2D eigenvalue weighted by molar-refractivity contribution is -0.116. The molecule has 0 unspecified atom stereocenters. The van der Waals surface area contributed by atoms with Gasteiger partial charge in [-0.15, -0.1) is 0 Å². The van der Waals surface area contributed by atoms with Crippen molar-refractivity contribution in [2.24, 2.45) is 0 Å². The Labute approximate surface area is 177 Å². The summed E-state index contributed by atoms with van der Waals surface area (Å²) in [6.07, 6.45) is 0.321. The van der Waals surface area contributed by atoms with Crippen molar-refractivity contribution in [3.63, 3.8) is 0 Å². The van der Waals surface area contributed by atoms with E-state index in [0.29, 0.717) is 23.7 Å². The van der Waals surface area contributed by atoms with Gasteiger partial charge in [-0.1, -0.05) is 29.5 Å². The van der Waals surface area contributed by atoms with Gasteiger partial charge in [0.2, 0.25) is 11.0 Å². The van der Waals surface area contributed by atoms with E-state index in [4.69, 9.17) is 19.6 Å². The van der Waals surface area contributed by atoms with Gasteiger partial charge in [0.15, 0.2) is 0 Å². The zero-order valence-electron chi connectivity index (χ0n) is 16.8. The van der Waals surface area contributed by atoms with Gasteiger partial charge in [0.1, 0.15) is 17.3 Å². The number of aryl methyl sites for hydroxylation is 1. The number of aromatic nitrogens is 3. The third-order valence-corrected chi connectivity index (χ3v) is 6.39. The third kappa shape index (κ3) is 2.91. The van der Waals surface area contributed by atoms with Crippen LogP contribution in [0.25, 0.3) is 15.3 Å². The number of anilines is 1. The number of nitrogens with one attached hydrogen (secondary N) is 1. The fraction of sp³-hybridized carbons (Fsp3) is 0.227. The molecule has 5 rings (SSSR count). The molecule has 2 aromatic carbocycles. The van der Waals surface area contributed by atoms with Crippen molar-refractivity contribution in [3.8, 4) is 16.6 Å². The van der Waals surface area contributed by atoms with Crippen LogP contribution in [0, 0.1) is 6.92 Å². The maximum atomic E-state index is 12.7. The van der Waals surface area contributed by atoms with Crippen LogP contribution in [-0.2, 0) is 4.79 Å². The van der Waals surface area contributed by atoms with Crippen LogP contribution in [0.4, 0.5) is 5.82 Å². The van der Waals surface area contributed by atoms with E-state index in [1.54, 1.807) is 30.2 Å². The molecule has 0 radical (unpaired) electrons. The first-order valence-corrected chi connectivity index (χ1v) is 10.4. The number of benzene rings is 2. The van der Waals surface area contributed by atoms with Crippen LogP contribution in [0.1, 0.15) is 29.2 Å². The highest BCUT2D eigenvalue weighted by molar-refractivity contribution is 7.20. The second-order valence-electron chi connectivity index (χ2n) is 7.14. The number of hydrogen-bond acceptors (Lipinski definition) is 6. The molecule has 4 aromatic rings. The summed E-state index contributed by atoms with van der Waals surface area (Å²) < 4.78 is 13.8. The monoisotopic (exact) mass is 420 g/mol. The number of hydrogen-bond donors (Lipinski definition) is 1. The molecule has 1 atom stereocenters. The molecule has 3 heterocycles. The molecular formula is C22H20N4O3S. The molecule has 7 nitrogen and oxygen atoms in total. The highest BCUT2D eigenvalue weighted by Gasteiger charge is 2.34. The van der Waals surface area contributed by atoms with E-state index in [1.165, 1.54) is 0 Å². The Morgan fingerprint density at radius 2 is 2.00 bits per heavy atom. The number of ether oxygens (including phenoxy) is 2. The Balaban J connectivity index is 1.67. The molecule has 0 saturated carbocycles. The number of fused-ring (bicyclic) bond motifs is 2. The van der Waals surface area contributed by atoms with Gasteiger partial charge in [-0.05, 0) is 25.1 Å². The minimum atomic E-state index is -0.169. The van der Waals surface area contributed by atoms with Gasteiger partial charge >= 0.3 is 0 Å². The van der Waals surface area contributed by atoms with Crippen molar-refractivity contribution in [2.75, 3.05) is 19.5 Å². The average molecular weight is 420 g/mol. The van der Waals surface area contributed by atoms with Gasteiger partial charge in [-0.2, -0.15) is 9.78 Å². The molecule has 1 aliphatic rings. The number of carbonyl (C=O) groups is 1. The molecular weight excluding hydrogens is 400 g/mol. The number of para-hydroxylation sites is 1. The summed E-state index contributed by atoms with van der Waals surface area (Å²) in [5.74, 6) is 1.83. The number of nitrogens with zero attached hydrogens (tertiary/aromatic N) is 3. The van der Waals surface area contributed by atoms with Crippen molar-refractivity contribution < 1.29 is 14.3 Å². The lowest BCUT2D eigenvalue weighted by Gasteiger charge is -2.25. The van der Waals surface area contributed by atoms with Gasteiger partial charge in [0.25, 0.3) is 0 Å². The topological polar surface area (TPSA) is 78.3 Å². The Hall–Kier alpha value is -3.39. The maximum absolute atomic E-state index is 12.7. The smallest absolute Gasteiger partial charge is 0.226 e. The number of rotatable bonds is 4. The highest BCUT2D eigenvalue weighted by atomic mass is 32.1. The quantitative estimate of drug-likeness (QED) is 0.533. The number of carbonyl (C=O) groups excluding carboxylic acids is 1. The van der Waals surface area contributed by atoms with E-state index in [9.17, 15) is 4.79 Å². The second kappa shape index (κ2) is 7.14. The number of thiazole rings is 1. The van der Waals surface area contributed by atoms with Gasteiger partial charge in [-0.3, -0.25) is 4.79 Å². The van der Waals surface area contributed by atoms with Crippen molar-refractivity contribution in [3.05, 3.63) is 59.3 Å². The van der Waals surface area contributed by atoms with E-state index in [-0.39, 0.29) is 11.8 Å². The van der Waals surface area contributed by atoms with Gasteiger partial charge in [0, 0.05) is 29.5 Å². The lowest BCUT2D eigenvalue weighted by atomic mass is 9.85. The zero-order chi connectivity index (χ0) is 20.8. The zero-order valence-corrected chi connectivity index (χ0v) is 17.6. The van der Waals surface area contributed by atoms with Crippen LogP contribution in [-0.4, -0.2) is 34.9 Å². The average Bonchev–Trinajstić information content (AvgIpc) is 3.33. The molecule has 8 heteroatoms. The van der Waals surface area contributed by atoms with E-state index >= 15 is 0 Å². The summed E-state index contributed by atoms with van der Waals surface area (Å²) in [7, 11) is 3.24. The SMILES string of the molecule is COc1ccc([C@@H]2CC(=O)Nc3c2c(C)nn3-c2nc3ccccc3s2)c(OC)c1.